The third-order valence-corrected chi connectivity index (χ3v) is 3.96. The smallest absolute Gasteiger partial charge is 0.330 e. The number of aliphatic carboxylic acids is 1. The van der Waals surface area contributed by atoms with Crippen LogP contribution in [0.2, 0.25) is 0 Å². The van der Waals surface area contributed by atoms with Crippen molar-refractivity contribution in [2.75, 3.05) is 0 Å². The Kier molecular flexibility index (Phi) is 4.87. The van der Waals surface area contributed by atoms with Crippen molar-refractivity contribution in [3.63, 3.8) is 0 Å². The van der Waals surface area contributed by atoms with E-state index in [9.17, 15) is 14.7 Å². The highest BCUT2D eigenvalue weighted by Gasteiger charge is 2.25. The Morgan fingerprint density at radius 3 is 2.45 bits per heavy atom. The predicted molar refractivity (Wildman–Crippen MR) is 83.0 cm³/mol. The van der Waals surface area contributed by atoms with Gasteiger partial charge in [-0.1, -0.05) is 40.7 Å². The summed E-state index contributed by atoms with van der Waals surface area (Å²) in [5.41, 5.74) is 3.02. The molecular formula is C15H17N3O3S. The number of aryl methyl sites for hydroxylation is 3. The summed E-state index contributed by atoms with van der Waals surface area (Å²) in [5, 5.41) is 15.9. The minimum atomic E-state index is -1.10. The average molecular weight is 319 g/mol. The van der Waals surface area contributed by atoms with Gasteiger partial charge in [-0.2, -0.15) is 0 Å². The zero-order chi connectivity index (χ0) is 16.3. The van der Waals surface area contributed by atoms with Crippen LogP contribution in [0.4, 0.5) is 0 Å². The van der Waals surface area contributed by atoms with Crippen LogP contribution in [0, 0.1) is 13.8 Å². The molecular weight excluding hydrogens is 302 g/mol. The molecule has 1 atom stereocenters. The number of nitrogens with zero attached hydrogens (tertiary/aromatic N) is 2. The van der Waals surface area contributed by atoms with Gasteiger partial charge in [0, 0.05) is 0 Å². The molecule has 2 N–H and O–H groups in total. The van der Waals surface area contributed by atoms with E-state index >= 15 is 0 Å². The standard InChI is InChI=1S/C15H17N3O3S/c1-4-11-13(22-18-17-11)14(19)16-12(15(20)21)10-6-8(2)5-9(3)7-10/h5-7,12H,4H2,1-3H3,(H,16,19)(H,20,21). The molecule has 1 amide bonds. The number of amides is 1. The zero-order valence-electron chi connectivity index (χ0n) is 12.6. The third-order valence-electron chi connectivity index (χ3n) is 3.20. The predicted octanol–water partition coefficient (Wildman–Crippen LogP) is 2.27. The number of nitrogens with one attached hydrogen (secondary N) is 1. The fourth-order valence-corrected chi connectivity index (χ4v) is 2.93. The summed E-state index contributed by atoms with van der Waals surface area (Å²) in [7, 11) is 0. The van der Waals surface area contributed by atoms with Crippen molar-refractivity contribution >= 4 is 23.4 Å². The van der Waals surface area contributed by atoms with E-state index in [1.807, 2.05) is 26.8 Å². The SMILES string of the molecule is CCc1nnsc1C(=O)NC(C(=O)O)c1cc(C)cc(C)c1. The van der Waals surface area contributed by atoms with Crippen LogP contribution in [0.3, 0.4) is 0 Å². The average Bonchev–Trinajstić information content (AvgIpc) is 2.91. The van der Waals surface area contributed by atoms with Crippen molar-refractivity contribution in [3.05, 3.63) is 45.5 Å². The molecule has 2 aromatic rings. The maximum atomic E-state index is 12.3. The van der Waals surface area contributed by atoms with Gasteiger partial charge >= 0.3 is 5.97 Å². The molecule has 0 aliphatic carbocycles. The largest absolute Gasteiger partial charge is 0.479 e. The first-order valence-corrected chi connectivity index (χ1v) is 7.62. The monoisotopic (exact) mass is 319 g/mol. The molecule has 1 aromatic carbocycles. The number of aromatic nitrogens is 2. The maximum Gasteiger partial charge on any atom is 0.330 e. The van der Waals surface area contributed by atoms with Gasteiger partial charge < -0.3 is 10.4 Å². The molecule has 2 rings (SSSR count). The second-order valence-electron chi connectivity index (χ2n) is 5.07. The lowest BCUT2D eigenvalue weighted by molar-refractivity contribution is -0.139. The number of benzene rings is 1. The van der Waals surface area contributed by atoms with Crippen molar-refractivity contribution in [2.24, 2.45) is 0 Å². The Labute approximate surface area is 132 Å². The summed E-state index contributed by atoms with van der Waals surface area (Å²) in [6.45, 7) is 5.64. The fraction of sp³-hybridized carbons (Fsp3) is 0.333. The van der Waals surface area contributed by atoms with E-state index in [0.717, 1.165) is 22.7 Å². The molecule has 7 heteroatoms. The van der Waals surface area contributed by atoms with Gasteiger partial charge in [-0.15, -0.1) is 5.10 Å². The Balaban J connectivity index is 2.29. The summed E-state index contributed by atoms with van der Waals surface area (Å²) in [4.78, 5) is 24.2. The first kappa shape index (κ1) is 16.1. The second kappa shape index (κ2) is 6.65. The first-order valence-electron chi connectivity index (χ1n) is 6.85. The highest BCUT2D eigenvalue weighted by Crippen LogP contribution is 2.19. The van der Waals surface area contributed by atoms with Crippen LogP contribution >= 0.6 is 11.5 Å². The molecule has 0 fully saturated rings. The number of hydrogen-bond donors (Lipinski definition) is 2. The second-order valence-corrected chi connectivity index (χ2v) is 5.82. The number of carboxylic acid groups (broad SMARTS) is 1. The number of carboxylic acids is 1. The molecule has 0 radical (unpaired) electrons. The van der Waals surface area contributed by atoms with Gasteiger partial charge in [0.05, 0.1) is 5.69 Å². The van der Waals surface area contributed by atoms with Crippen molar-refractivity contribution in [1.82, 2.24) is 14.9 Å². The van der Waals surface area contributed by atoms with Gasteiger partial charge in [0.25, 0.3) is 5.91 Å². The minimum Gasteiger partial charge on any atom is -0.479 e. The van der Waals surface area contributed by atoms with Gasteiger partial charge in [-0.05, 0) is 37.4 Å². The molecule has 0 aliphatic rings. The Morgan fingerprint density at radius 1 is 1.27 bits per heavy atom. The van der Waals surface area contributed by atoms with Gasteiger partial charge in [0.1, 0.15) is 4.88 Å². The molecule has 6 nitrogen and oxygen atoms in total. The van der Waals surface area contributed by atoms with E-state index < -0.39 is 17.9 Å². The molecule has 22 heavy (non-hydrogen) atoms. The van der Waals surface area contributed by atoms with Gasteiger partial charge in [-0.25, -0.2) is 4.79 Å². The van der Waals surface area contributed by atoms with Crippen LogP contribution in [0.5, 0.6) is 0 Å². The van der Waals surface area contributed by atoms with Crippen LogP contribution in [-0.2, 0) is 11.2 Å². The summed E-state index contributed by atoms with van der Waals surface area (Å²) >= 11 is 0.971. The Hall–Kier alpha value is -2.28. The zero-order valence-corrected chi connectivity index (χ0v) is 13.4. The fourth-order valence-electron chi connectivity index (χ4n) is 2.27. The third kappa shape index (κ3) is 3.48. The topological polar surface area (TPSA) is 92.2 Å². The molecule has 0 saturated carbocycles. The van der Waals surface area contributed by atoms with E-state index in [1.54, 1.807) is 12.1 Å². The Morgan fingerprint density at radius 2 is 1.91 bits per heavy atom. The summed E-state index contributed by atoms with van der Waals surface area (Å²) < 4.78 is 3.75. The van der Waals surface area contributed by atoms with Crippen LogP contribution < -0.4 is 5.32 Å². The van der Waals surface area contributed by atoms with Crippen molar-refractivity contribution < 1.29 is 14.7 Å². The number of rotatable bonds is 5. The van der Waals surface area contributed by atoms with E-state index in [2.05, 4.69) is 14.9 Å². The molecule has 0 spiro atoms. The highest BCUT2D eigenvalue weighted by atomic mass is 32.1. The van der Waals surface area contributed by atoms with E-state index in [0.29, 0.717) is 22.6 Å². The van der Waals surface area contributed by atoms with Crippen molar-refractivity contribution in [1.29, 1.82) is 0 Å². The molecule has 1 heterocycles. The van der Waals surface area contributed by atoms with E-state index in [1.165, 1.54) is 0 Å². The normalized spacial score (nSPS) is 12.0. The summed E-state index contributed by atoms with van der Waals surface area (Å²) in [6.07, 6.45) is 0.570. The van der Waals surface area contributed by atoms with Crippen molar-refractivity contribution in [3.8, 4) is 0 Å². The van der Waals surface area contributed by atoms with Crippen LogP contribution in [-0.4, -0.2) is 26.6 Å². The molecule has 116 valence electrons. The number of hydrogen-bond acceptors (Lipinski definition) is 5. The van der Waals surface area contributed by atoms with Crippen LogP contribution in [0.15, 0.2) is 18.2 Å². The van der Waals surface area contributed by atoms with Gasteiger partial charge in [0.2, 0.25) is 0 Å². The van der Waals surface area contributed by atoms with Crippen molar-refractivity contribution in [2.45, 2.75) is 33.2 Å². The lowest BCUT2D eigenvalue weighted by Crippen LogP contribution is -2.33. The molecule has 0 bridgehead atoms. The number of carbonyl (C=O) groups is 2. The first-order chi connectivity index (χ1) is 10.4. The molecule has 0 aliphatic heterocycles. The molecule has 1 aromatic heterocycles. The lowest BCUT2D eigenvalue weighted by atomic mass is 10.0. The quantitative estimate of drug-likeness (QED) is 0.882. The Bertz CT molecular complexity index is 692. The maximum absolute atomic E-state index is 12.3. The lowest BCUT2D eigenvalue weighted by Gasteiger charge is -2.16. The van der Waals surface area contributed by atoms with Crippen LogP contribution in [0.1, 0.15) is 45.0 Å². The van der Waals surface area contributed by atoms with E-state index in [-0.39, 0.29) is 0 Å². The minimum absolute atomic E-state index is 0.359. The highest BCUT2D eigenvalue weighted by molar-refractivity contribution is 7.08. The van der Waals surface area contributed by atoms with Gasteiger partial charge in [-0.3, -0.25) is 4.79 Å². The van der Waals surface area contributed by atoms with Crippen LogP contribution in [0.25, 0.3) is 0 Å². The van der Waals surface area contributed by atoms with Gasteiger partial charge in [0.15, 0.2) is 6.04 Å². The molecule has 0 saturated heterocycles. The summed E-state index contributed by atoms with van der Waals surface area (Å²) in [5.74, 6) is -1.56. The van der Waals surface area contributed by atoms with E-state index in [4.69, 9.17) is 0 Å². The number of carbonyl (C=O) groups excluding carboxylic acids is 1. The summed E-state index contributed by atoms with van der Waals surface area (Å²) in [6, 6.07) is 4.38. The molecule has 1 unspecified atom stereocenters.